The molecule has 0 aliphatic rings. The van der Waals surface area contributed by atoms with Crippen molar-refractivity contribution in [3.05, 3.63) is 29.8 Å². The van der Waals surface area contributed by atoms with Crippen LogP contribution >= 0.6 is 11.8 Å². The Kier molecular flexibility index (Phi) is 5.35. The number of thioether (sulfide) groups is 1. The fourth-order valence-corrected chi connectivity index (χ4v) is 1.83. The molecule has 1 N–H and O–H groups in total. The number of ether oxygens (including phenoxy) is 1. The van der Waals surface area contributed by atoms with Crippen molar-refractivity contribution in [2.24, 2.45) is 0 Å². The predicted molar refractivity (Wildman–Crippen MR) is 65.0 cm³/mol. The van der Waals surface area contributed by atoms with E-state index in [1.54, 1.807) is 18.7 Å². The van der Waals surface area contributed by atoms with Crippen LogP contribution in [0, 0.1) is 6.92 Å². The summed E-state index contributed by atoms with van der Waals surface area (Å²) >= 11 is 1.66. The van der Waals surface area contributed by atoms with E-state index in [2.05, 4.69) is 24.3 Å². The van der Waals surface area contributed by atoms with E-state index in [1.165, 1.54) is 10.5 Å². The molecule has 0 spiro atoms. The molecule has 1 atom stereocenters. The molecule has 0 unspecified atom stereocenters. The zero-order chi connectivity index (χ0) is 12.0. The molecule has 4 heteroatoms. The van der Waals surface area contributed by atoms with E-state index >= 15 is 0 Å². The number of carboxylic acids is 1. The summed E-state index contributed by atoms with van der Waals surface area (Å²) in [6.07, 6.45) is -0.724. The Hall–Kier alpha value is -1.00. The summed E-state index contributed by atoms with van der Waals surface area (Å²) in [5.41, 5.74) is 1.24. The molecule has 88 valence electrons. The third-order valence-corrected chi connectivity index (χ3v) is 3.06. The Bertz CT molecular complexity index is 335. The van der Waals surface area contributed by atoms with Gasteiger partial charge in [-0.05, 0) is 26.0 Å². The lowest BCUT2D eigenvalue weighted by Gasteiger charge is -2.07. The number of rotatable bonds is 6. The molecule has 0 saturated heterocycles. The summed E-state index contributed by atoms with van der Waals surface area (Å²) in [7, 11) is 0. The van der Waals surface area contributed by atoms with Gasteiger partial charge in [0.2, 0.25) is 0 Å². The minimum Gasteiger partial charge on any atom is -0.479 e. The molecular formula is C12H16O3S. The number of carbonyl (C=O) groups is 1. The fourth-order valence-electron chi connectivity index (χ4n) is 1.09. The van der Waals surface area contributed by atoms with E-state index in [1.807, 2.05) is 6.92 Å². The summed E-state index contributed by atoms with van der Waals surface area (Å²) in [5, 5.41) is 8.60. The lowest BCUT2D eigenvalue weighted by molar-refractivity contribution is -0.148. The van der Waals surface area contributed by atoms with Crippen molar-refractivity contribution in [3.63, 3.8) is 0 Å². The van der Waals surface area contributed by atoms with Gasteiger partial charge in [0, 0.05) is 10.6 Å². The maximum atomic E-state index is 10.5. The average molecular weight is 240 g/mol. The predicted octanol–water partition coefficient (Wildman–Crippen LogP) is 2.58. The van der Waals surface area contributed by atoms with Crippen molar-refractivity contribution in [3.8, 4) is 0 Å². The fraction of sp³-hybridized carbons (Fsp3) is 0.417. The number of aryl methyl sites for hydroxylation is 1. The maximum absolute atomic E-state index is 10.5. The molecule has 1 aromatic carbocycles. The molecule has 0 aliphatic carbocycles. The molecule has 0 heterocycles. The lowest BCUT2D eigenvalue weighted by atomic mass is 10.2. The molecular weight excluding hydrogens is 224 g/mol. The van der Waals surface area contributed by atoms with Crippen molar-refractivity contribution in [1.29, 1.82) is 0 Å². The molecule has 1 rings (SSSR count). The third kappa shape index (κ3) is 4.68. The number of hydrogen-bond donors (Lipinski definition) is 1. The van der Waals surface area contributed by atoms with Gasteiger partial charge in [0.05, 0.1) is 6.61 Å². The van der Waals surface area contributed by atoms with Crippen LogP contribution in [0.25, 0.3) is 0 Å². The van der Waals surface area contributed by atoms with Crippen molar-refractivity contribution in [2.75, 3.05) is 12.4 Å². The van der Waals surface area contributed by atoms with Crippen LogP contribution in [-0.4, -0.2) is 29.5 Å². The molecule has 0 saturated carbocycles. The Morgan fingerprint density at radius 3 is 2.62 bits per heavy atom. The van der Waals surface area contributed by atoms with E-state index in [0.717, 1.165) is 5.75 Å². The third-order valence-electron chi connectivity index (χ3n) is 2.09. The Morgan fingerprint density at radius 2 is 2.06 bits per heavy atom. The first kappa shape index (κ1) is 13.1. The normalized spacial score (nSPS) is 12.4. The van der Waals surface area contributed by atoms with E-state index < -0.39 is 12.1 Å². The van der Waals surface area contributed by atoms with E-state index in [4.69, 9.17) is 9.84 Å². The van der Waals surface area contributed by atoms with Crippen molar-refractivity contribution in [1.82, 2.24) is 0 Å². The SMILES string of the molecule is Cc1ccc(SCCO[C@H](C)C(=O)O)cc1. The average Bonchev–Trinajstić information content (AvgIpc) is 2.26. The molecule has 0 aromatic heterocycles. The van der Waals surface area contributed by atoms with Gasteiger partial charge in [0.1, 0.15) is 0 Å². The van der Waals surface area contributed by atoms with Crippen molar-refractivity contribution < 1.29 is 14.6 Å². The van der Waals surface area contributed by atoms with Crippen LogP contribution in [-0.2, 0) is 9.53 Å². The maximum Gasteiger partial charge on any atom is 0.332 e. The molecule has 0 radical (unpaired) electrons. The second-order valence-corrected chi connectivity index (χ2v) is 4.68. The zero-order valence-corrected chi connectivity index (χ0v) is 10.3. The largest absolute Gasteiger partial charge is 0.479 e. The van der Waals surface area contributed by atoms with Crippen LogP contribution < -0.4 is 0 Å². The highest BCUT2D eigenvalue weighted by Crippen LogP contribution is 2.17. The molecule has 0 amide bonds. The molecule has 1 aromatic rings. The zero-order valence-electron chi connectivity index (χ0n) is 9.47. The van der Waals surface area contributed by atoms with Gasteiger partial charge in [0.15, 0.2) is 6.10 Å². The van der Waals surface area contributed by atoms with Gasteiger partial charge in [-0.1, -0.05) is 17.7 Å². The quantitative estimate of drug-likeness (QED) is 0.613. The number of carboxylic acid groups (broad SMARTS) is 1. The first-order valence-corrected chi connectivity index (χ1v) is 6.12. The lowest BCUT2D eigenvalue weighted by Crippen LogP contribution is -2.20. The van der Waals surface area contributed by atoms with Gasteiger partial charge >= 0.3 is 5.97 Å². The summed E-state index contributed by atoms with van der Waals surface area (Å²) in [6.45, 7) is 4.04. The van der Waals surface area contributed by atoms with Crippen LogP contribution in [0.3, 0.4) is 0 Å². The van der Waals surface area contributed by atoms with E-state index in [-0.39, 0.29) is 0 Å². The minimum atomic E-state index is -0.916. The van der Waals surface area contributed by atoms with Gasteiger partial charge in [-0.25, -0.2) is 4.79 Å². The van der Waals surface area contributed by atoms with Crippen LogP contribution in [0.5, 0.6) is 0 Å². The Labute approximate surface area is 99.8 Å². The highest BCUT2D eigenvalue weighted by molar-refractivity contribution is 7.99. The van der Waals surface area contributed by atoms with Crippen LogP contribution in [0.2, 0.25) is 0 Å². The minimum absolute atomic E-state index is 0.450. The first-order chi connectivity index (χ1) is 7.59. The van der Waals surface area contributed by atoms with Gasteiger partial charge in [-0.15, -0.1) is 11.8 Å². The number of hydrogen-bond acceptors (Lipinski definition) is 3. The standard InChI is InChI=1S/C12H16O3S/c1-9-3-5-11(6-4-9)16-8-7-15-10(2)12(13)14/h3-6,10H,7-8H2,1-2H3,(H,13,14)/t10-/m1/s1. The highest BCUT2D eigenvalue weighted by Gasteiger charge is 2.09. The van der Waals surface area contributed by atoms with E-state index in [9.17, 15) is 4.79 Å². The highest BCUT2D eigenvalue weighted by atomic mass is 32.2. The Balaban J connectivity index is 2.21. The summed E-state index contributed by atoms with van der Waals surface area (Å²) in [6, 6.07) is 8.23. The smallest absolute Gasteiger partial charge is 0.332 e. The van der Waals surface area contributed by atoms with Crippen LogP contribution in [0.1, 0.15) is 12.5 Å². The molecule has 0 aliphatic heterocycles. The molecule has 0 fully saturated rings. The van der Waals surface area contributed by atoms with Crippen molar-refractivity contribution in [2.45, 2.75) is 24.8 Å². The summed E-state index contributed by atoms with van der Waals surface area (Å²) in [5.74, 6) is -0.152. The second kappa shape index (κ2) is 6.55. The van der Waals surface area contributed by atoms with Crippen molar-refractivity contribution >= 4 is 17.7 Å². The number of aliphatic carboxylic acids is 1. The molecule has 16 heavy (non-hydrogen) atoms. The van der Waals surface area contributed by atoms with Gasteiger partial charge in [-0.2, -0.15) is 0 Å². The first-order valence-electron chi connectivity index (χ1n) is 5.13. The molecule has 3 nitrogen and oxygen atoms in total. The molecule has 0 bridgehead atoms. The summed E-state index contributed by atoms with van der Waals surface area (Å²) in [4.78, 5) is 11.6. The van der Waals surface area contributed by atoms with Crippen LogP contribution in [0.15, 0.2) is 29.2 Å². The monoisotopic (exact) mass is 240 g/mol. The van der Waals surface area contributed by atoms with Gasteiger partial charge in [-0.3, -0.25) is 0 Å². The van der Waals surface area contributed by atoms with Gasteiger partial charge in [0.25, 0.3) is 0 Å². The summed E-state index contributed by atoms with van der Waals surface area (Å²) < 4.78 is 5.13. The Morgan fingerprint density at radius 1 is 1.44 bits per heavy atom. The van der Waals surface area contributed by atoms with E-state index in [0.29, 0.717) is 6.61 Å². The van der Waals surface area contributed by atoms with Crippen LogP contribution in [0.4, 0.5) is 0 Å². The van der Waals surface area contributed by atoms with Gasteiger partial charge < -0.3 is 9.84 Å². The second-order valence-electron chi connectivity index (χ2n) is 3.51. The number of benzene rings is 1. The topological polar surface area (TPSA) is 46.5 Å².